The molecule has 4 aromatic rings. The van der Waals surface area contributed by atoms with E-state index in [2.05, 4.69) is 10.3 Å². The molecule has 0 atom stereocenters. The summed E-state index contributed by atoms with van der Waals surface area (Å²) in [7, 11) is 3.19. The van der Waals surface area contributed by atoms with Gasteiger partial charge in [-0.2, -0.15) is 0 Å². The van der Waals surface area contributed by atoms with Crippen molar-refractivity contribution < 1.29 is 18.6 Å². The summed E-state index contributed by atoms with van der Waals surface area (Å²) in [6.07, 6.45) is 0. The van der Waals surface area contributed by atoms with Gasteiger partial charge >= 0.3 is 5.63 Å². The molecule has 0 aliphatic heterocycles. The van der Waals surface area contributed by atoms with Crippen molar-refractivity contribution in [1.82, 2.24) is 4.98 Å². The summed E-state index contributed by atoms with van der Waals surface area (Å²) in [5.74, 6) is 1.86. The molecule has 30 heavy (non-hydrogen) atoms. The van der Waals surface area contributed by atoms with Gasteiger partial charge in [-0.25, -0.2) is 9.78 Å². The SMILES string of the molecule is CCOc1cccc2cc(-c3csc(Nc4ccc(OC)cc4OC)n3)c(=O)oc12. The minimum atomic E-state index is -0.464. The van der Waals surface area contributed by atoms with E-state index < -0.39 is 5.63 Å². The predicted molar refractivity (Wildman–Crippen MR) is 118 cm³/mol. The highest BCUT2D eigenvalue weighted by atomic mass is 32.1. The fraction of sp³-hybridized carbons (Fsp3) is 0.182. The van der Waals surface area contributed by atoms with Gasteiger partial charge in [0.2, 0.25) is 0 Å². The second-order valence-corrected chi connectivity index (χ2v) is 7.14. The molecule has 4 rings (SSSR count). The molecule has 0 spiro atoms. The van der Waals surface area contributed by atoms with Crippen LogP contribution in [0.2, 0.25) is 0 Å². The predicted octanol–water partition coefficient (Wildman–Crippen LogP) is 5.08. The molecule has 2 heterocycles. The minimum Gasteiger partial charge on any atom is -0.497 e. The molecule has 0 saturated carbocycles. The molecule has 0 amide bonds. The van der Waals surface area contributed by atoms with E-state index in [1.54, 1.807) is 32.4 Å². The second kappa shape index (κ2) is 8.46. The lowest BCUT2D eigenvalue weighted by Crippen LogP contribution is -2.04. The van der Waals surface area contributed by atoms with Crippen LogP contribution in [0, 0.1) is 0 Å². The number of benzene rings is 2. The van der Waals surface area contributed by atoms with Crippen LogP contribution in [0.3, 0.4) is 0 Å². The van der Waals surface area contributed by atoms with E-state index >= 15 is 0 Å². The summed E-state index contributed by atoms with van der Waals surface area (Å²) < 4.78 is 21.7. The molecule has 8 heteroatoms. The third kappa shape index (κ3) is 3.81. The van der Waals surface area contributed by atoms with Gasteiger partial charge in [-0.05, 0) is 31.2 Å². The highest BCUT2D eigenvalue weighted by Crippen LogP contribution is 2.34. The minimum absolute atomic E-state index is 0.391. The zero-order valence-corrected chi connectivity index (χ0v) is 17.5. The number of rotatable bonds is 7. The lowest BCUT2D eigenvalue weighted by atomic mass is 10.1. The molecule has 1 N–H and O–H groups in total. The van der Waals surface area contributed by atoms with Crippen LogP contribution in [0.1, 0.15) is 6.92 Å². The van der Waals surface area contributed by atoms with E-state index in [4.69, 9.17) is 18.6 Å². The summed E-state index contributed by atoms with van der Waals surface area (Å²) in [6, 6.07) is 12.7. The number of para-hydroxylation sites is 1. The summed E-state index contributed by atoms with van der Waals surface area (Å²) in [4.78, 5) is 17.2. The van der Waals surface area contributed by atoms with E-state index in [1.165, 1.54) is 11.3 Å². The van der Waals surface area contributed by atoms with Crippen molar-refractivity contribution in [2.24, 2.45) is 0 Å². The molecular weight excluding hydrogens is 404 g/mol. The van der Waals surface area contributed by atoms with E-state index in [-0.39, 0.29) is 0 Å². The Hall–Kier alpha value is -3.52. The first-order chi connectivity index (χ1) is 14.6. The van der Waals surface area contributed by atoms with Gasteiger partial charge in [-0.3, -0.25) is 0 Å². The molecule has 154 valence electrons. The smallest absolute Gasteiger partial charge is 0.345 e. The molecule has 7 nitrogen and oxygen atoms in total. The van der Waals surface area contributed by atoms with E-state index in [0.29, 0.717) is 45.8 Å². The first kappa shape index (κ1) is 19.8. The zero-order valence-electron chi connectivity index (χ0n) is 16.7. The number of nitrogens with one attached hydrogen (secondary N) is 1. The number of hydrogen-bond donors (Lipinski definition) is 1. The summed E-state index contributed by atoms with van der Waals surface area (Å²) in [5, 5.41) is 6.42. The van der Waals surface area contributed by atoms with Gasteiger partial charge in [0.25, 0.3) is 0 Å². The molecule has 2 aromatic heterocycles. The number of ether oxygens (including phenoxy) is 3. The van der Waals surface area contributed by atoms with Crippen molar-refractivity contribution >= 4 is 33.1 Å². The third-order valence-corrected chi connectivity index (χ3v) is 5.21. The molecule has 0 unspecified atom stereocenters. The van der Waals surface area contributed by atoms with Gasteiger partial charge in [0.1, 0.15) is 11.5 Å². The lowest BCUT2D eigenvalue weighted by molar-refractivity contribution is 0.337. The van der Waals surface area contributed by atoms with Crippen LogP contribution in [-0.2, 0) is 0 Å². The lowest BCUT2D eigenvalue weighted by Gasteiger charge is -2.10. The van der Waals surface area contributed by atoms with Crippen LogP contribution in [-0.4, -0.2) is 25.8 Å². The topological polar surface area (TPSA) is 82.8 Å². The Balaban J connectivity index is 1.67. The first-order valence-electron chi connectivity index (χ1n) is 9.27. The van der Waals surface area contributed by atoms with Crippen LogP contribution in [0.15, 0.2) is 57.1 Å². The Kier molecular flexibility index (Phi) is 5.58. The number of anilines is 2. The van der Waals surface area contributed by atoms with Crippen molar-refractivity contribution in [3.63, 3.8) is 0 Å². The fourth-order valence-electron chi connectivity index (χ4n) is 3.04. The van der Waals surface area contributed by atoms with Gasteiger partial charge in [-0.15, -0.1) is 11.3 Å². The Morgan fingerprint density at radius 3 is 2.73 bits per heavy atom. The van der Waals surface area contributed by atoms with Crippen LogP contribution >= 0.6 is 11.3 Å². The summed E-state index contributed by atoms with van der Waals surface area (Å²) >= 11 is 1.38. The quantitative estimate of drug-likeness (QED) is 0.414. The van der Waals surface area contributed by atoms with Crippen molar-refractivity contribution in [2.45, 2.75) is 6.92 Å². The average Bonchev–Trinajstić information content (AvgIpc) is 3.22. The van der Waals surface area contributed by atoms with E-state index in [1.807, 2.05) is 36.6 Å². The average molecular weight is 424 g/mol. The molecular formula is C22H20N2O5S. The molecule has 0 saturated heterocycles. The van der Waals surface area contributed by atoms with Gasteiger partial charge in [0.15, 0.2) is 16.5 Å². The number of thiazole rings is 1. The number of aromatic nitrogens is 1. The molecule has 0 fully saturated rings. The number of hydrogen-bond acceptors (Lipinski definition) is 8. The number of fused-ring (bicyclic) bond motifs is 1. The summed E-state index contributed by atoms with van der Waals surface area (Å²) in [5.41, 5.74) is 1.64. The molecule has 0 aliphatic rings. The summed E-state index contributed by atoms with van der Waals surface area (Å²) in [6.45, 7) is 2.37. The van der Waals surface area contributed by atoms with E-state index in [9.17, 15) is 4.79 Å². The van der Waals surface area contributed by atoms with Crippen LogP contribution < -0.4 is 25.2 Å². The Labute approximate surface area is 176 Å². The Morgan fingerprint density at radius 2 is 1.97 bits per heavy atom. The van der Waals surface area contributed by atoms with Crippen molar-refractivity contribution in [3.05, 3.63) is 58.3 Å². The van der Waals surface area contributed by atoms with Gasteiger partial charge in [0, 0.05) is 16.8 Å². The van der Waals surface area contributed by atoms with Gasteiger partial charge in [0.05, 0.1) is 37.8 Å². The zero-order chi connectivity index (χ0) is 21.1. The Morgan fingerprint density at radius 1 is 1.10 bits per heavy atom. The standard InChI is InChI=1S/C22H20N2O5S/c1-4-28-18-7-5-6-13-10-15(21(25)29-20(13)18)17-12-30-22(24-17)23-16-9-8-14(26-2)11-19(16)27-3/h5-12H,4H2,1-3H3,(H,23,24). The highest BCUT2D eigenvalue weighted by molar-refractivity contribution is 7.14. The largest absolute Gasteiger partial charge is 0.497 e. The van der Waals surface area contributed by atoms with Crippen molar-refractivity contribution in [1.29, 1.82) is 0 Å². The van der Waals surface area contributed by atoms with Crippen molar-refractivity contribution in [2.75, 3.05) is 26.1 Å². The Bertz CT molecular complexity index is 1250. The van der Waals surface area contributed by atoms with Crippen molar-refractivity contribution in [3.8, 4) is 28.5 Å². The van der Waals surface area contributed by atoms with Crippen LogP contribution in [0.5, 0.6) is 17.2 Å². The third-order valence-electron chi connectivity index (χ3n) is 4.45. The normalized spacial score (nSPS) is 10.8. The number of nitrogens with zero attached hydrogens (tertiary/aromatic N) is 1. The highest BCUT2D eigenvalue weighted by Gasteiger charge is 2.15. The maximum absolute atomic E-state index is 12.6. The molecule has 0 radical (unpaired) electrons. The van der Waals surface area contributed by atoms with Gasteiger partial charge < -0.3 is 23.9 Å². The second-order valence-electron chi connectivity index (χ2n) is 6.28. The molecule has 0 bridgehead atoms. The maximum atomic E-state index is 12.6. The van der Waals surface area contributed by atoms with Crippen LogP contribution in [0.25, 0.3) is 22.2 Å². The van der Waals surface area contributed by atoms with E-state index in [0.717, 1.165) is 11.1 Å². The molecule has 2 aromatic carbocycles. The van der Waals surface area contributed by atoms with Gasteiger partial charge in [-0.1, -0.05) is 12.1 Å². The monoisotopic (exact) mass is 424 g/mol. The first-order valence-corrected chi connectivity index (χ1v) is 10.2. The fourth-order valence-corrected chi connectivity index (χ4v) is 3.76. The molecule has 0 aliphatic carbocycles. The van der Waals surface area contributed by atoms with Crippen LogP contribution in [0.4, 0.5) is 10.8 Å². The maximum Gasteiger partial charge on any atom is 0.345 e. The number of methoxy groups -OCH3 is 2.